The highest BCUT2D eigenvalue weighted by atomic mass is 32.2. The van der Waals surface area contributed by atoms with E-state index < -0.39 is 0 Å². The van der Waals surface area contributed by atoms with Gasteiger partial charge in [-0.05, 0) is 42.7 Å². The third kappa shape index (κ3) is 7.10. The Morgan fingerprint density at radius 2 is 1.88 bits per heavy atom. The smallest absolute Gasteiger partial charge is 0.230 e. The number of carbonyl (C=O) groups is 1. The molecule has 0 saturated heterocycles. The highest BCUT2D eigenvalue weighted by molar-refractivity contribution is 7.99. The molecule has 0 saturated carbocycles. The van der Waals surface area contributed by atoms with Crippen molar-refractivity contribution in [1.82, 2.24) is 5.32 Å². The van der Waals surface area contributed by atoms with Crippen molar-refractivity contribution < 1.29 is 14.3 Å². The molecule has 2 aromatic rings. The maximum absolute atomic E-state index is 11.8. The van der Waals surface area contributed by atoms with Crippen molar-refractivity contribution in [3.63, 3.8) is 0 Å². The molecule has 5 heteroatoms. The van der Waals surface area contributed by atoms with Crippen LogP contribution in [0, 0.1) is 6.92 Å². The van der Waals surface area contributed by atoms with Crippen LogP contribution in [0.25, 0.3) is 0 Å². The Morgan fingerprint density at radius 3 is 2.60 bits per heavy atom. The Labute approximate surface area is 153 Å². The lowest BCUT2D eigenvalue weighted by Gasteiger charge is -2.09. The maximum Gasteiger partial charge on any atom is 0.230 e. The van der Waals surface area contributed by atoms with Crippen molar-refractivity contribution >= 4 is 17.7 Å². The van der Waals surface area contributed by atoms with Gasteiger partial charge >= 0.3 is 0 Å². The highest BCUT2D eigenvalue weighted by Gasteiger charge is 2.03. The lowest BCUT2D eigenvalue weighted by molar-refractivity contribution is -0.118. The van der Waals surface area contributed by atoms with Crippen LogP contribution < -0.4 is 14.8 Å². The predicted octanol–water partition coefficient (Wildman–Crippen LogP) is 3.47. The average molecular weight is 359 g/mol. The molecule has 0 radical (unpaired) electrons. The molecule has 0 atom stereocenters. The van der Waals surface area contributed by atoms with E-state index in [0.717, 1.165) is 29.2 Å². The van der Waals surface area contributed by atoms with Gasteiger partial charge in [-0.25, -0.2) is 0 Å². The molecule has 4 nitrogen and oxygen atoms in total. The van der Waals surface area contributed by atoms with Gasteiger partial charge < -0.3 is 14.8 Å². The fraction of sp³-hybridized carbons (Fsp3) is 0.350. The minimum Gasteiger partial charge on any atom is -0.497 e. The Morgan fingerprint density at radius 1 is 1.12 bits per heavy atom. The molecular formula is C20H25NO3S. The van der Waals surface area contributed by atoms with Crippen LogP contribution in [0.2, 0.25) is 0 Å². The van der Waals surface area contributed by atoms with Crippen LogP contribution in [0.1, 0.15) is 11.1 Å². The maximum atomic E-state index is 11.8. The van der Waals surface area contributed by atoms with Crippen LogP contribution in [0.5, 0.6) is 11.5 Å². The van der Waals surface area contributed by atoms with Gasteiger partial charge in [0, 0.05) is 12.3 Å². The number of aryl methyl sites for hydroxylation is 1. The first kappa shape index (κ1) is 19.2. The molecule has 0 aliphatic heterocycles. The van der Waals surface area contributed by atoms with Gasteiger partial charge in [-0.3, -0.25) is 4.79 Å². The van der Waals surface area contributed by atoms with E-state index >= 15 is 0 Å². The molecule has 0 aliphatic carbocycles. The van der Waals surface area contributed by atoms with Crippen molar-refractivity contribution in [2.75, 3.05) is 31.8 Å². The topological polar surface area (TPSA) is 47.6 Å². The number of para-hydroxylation sites is 1. The summed E-state index contributed by atoms with van der Waals surface area (Å²) in [5.74, 6) is 3.07. The second-order valence-corrected chi connectivity index (χ2v) is 6.72. The Hall–Kier alpha value is -2.14. The van der Waals surface area contributed by atoms with E-state index in [1.807, 2.05) is 55.5 Å². The zero-order valence-corrected chi connectivity index (χ0v) is 15.6. The molecule has 1 N–H and O–H groups in total. The van der Waals surface area contributed by atoms with Crippen LogP contribution in [-0.2, 0) is 11.2 Å². The fourth-order valence-corrected chi connectivity index (χ4v) is 2.92. The lowest BCUT2D eigenvalue weighted by Crippen LogP contribution is -2.27. The second kappa shape index (κ2) is 10.7. The van der Waals surface area contributed by atoms with Gasteiger partial charge in [0.2, 0.25) is 5.91 Å². The van der Waals surface area contributed by atoms with E-state index in [-0.39, 0.29) is 5.91 Å². The molecule has 0 fully saturated rings. The van der Waals surface area contributed by atoms with Crippen LogP contribution in [0.3, 0.4) is 0 Å². The number of amides is 1. The van der Waals surface area contributed by atoms with E-state index in [2.05, 4.69) is 5.32 Å². The summed E-state index contributed by atoms with van der Waals surface area (Å²) in [6, 6.07) is 15.8. The molecule has 0 bridgehead atoms. The van der Waals surface area contributed by atoms with Crippen molar-refractivity contribution in [2.24, 2.45) is 0 Å². The number of hydrogen-bond donors (Lipinski definition) is 1. The second-order valence-electron chi connectivity index (χ2n) is 5.61. The molecule has 2 aromatic carbocycles. The molecule has 0 aromatic heterocycles. The number of methoxy groups -OCH3 is 1. The minimum absolute atomic E-state index is 0.0643. The lowest BCUT2D eigenvalue weighted by atomic mass is 10.1. The van der Waals surface area contributed by atoms with E-state index in [1.165, 1.54) is 5.56 Å². The van der Waals surface area contributed by atoms with Crippen molar-refractivity contribution in [3.8, 4) is 11.5 Å². The SMILES string of the molecule is COc1ccc(CCNC(=O)CSCCOc2ccccc2C)cc1. The Kier molecular flexibility index (Phi) is 8.19. The summed E-state index contributed by atoms with van der Waals surface area (Å²) in [6.07, 6.45) is 0.816. The van der Waals surface area contributed by atoms with Crippen LogP contribution in [-0.4, -0.2) is 37.7 Å². The van der Waals surface area contributed by atoms with Crippen molar-refractivity contribution in [3.05, 3.63) is 59.7 Å². The molecule has 0 unspecified atom stereocenters. The van der Waals surface area contributed by atoms with Crippen molar-refractivity contribution in [2.45, 2.75) is 13.3 Å². The summed E-state index contributed by atoms with van der Waals surface area (Å²) in [6.45, 7) is 3.28. The first-order valence-corrected chi connectivity index (χ1v) is 9.50. The van der Waals surface area contributed by atoms with Crippen LogP contribution >= 0.6 is 11.8 Å². The first-order chi connectivity index (χ1) is 12.2. The number of rotatable bonds is 10. The summed E-state index contributed by atoms with van der Waals surface area (Å²) in [4.78, 5) is 11.8. The monoisotopic (exact) mass is 359 g/mol. The molecule has 0 aliphatic rings. The number of thioether (sulfide) groups is 1. The zero-order valence-electron chi connectivity index (χ0n) is 14.8. The Balaban J connectivity index is 1.54. The number of nitrogens with one attached hydrogen (secondary N) is 1. The highest BCUT2D eigenvalue weighted by Crippen LogP contribution is 2.16. The van der Waals surface area contributed by atoms with Crippen molar-refractivity contribution in [1.29, 1.82) is 0 Å². The van der Waals surface area contributed by atoms with Gasteiger partial charge in [0.25, 0.3) is 0 Å². The molecule has 134 valence electrons. The third-order valence-corrected chi connectivity index (χ3v) is 4.63. The molecule has 0 heterocycles. The standard InChI is InChI=1S/C20H25NO3S/c1-16-5-3-4-6-19(16)24-13-14-25-15-20(22)21-12-11-17-7-9-18(23-2)10-8-17/h3-10H,11-15H2,1-2H3,(H,21,22). The molecule has 0 spiro atoms. The van der Waals surface area contributed by atoms with E-state index in [4.69, 9.17) is 9.47 Å². The normalized spacial score (nSPS) is 10.3. The zero-order chi connectivity index (χ0) is 17.9. The fourth-order valence-electron chi connectivity index (χ4n) is 2.28. The summed E-state index contributed by atoms with van der Waals surface area (Å²) in [5.41, 5.74) is 2.31. The molecule has 2 rings (SSSR count). The summed E-state index contributed by atoms with van der Waals surface area (Å²) in [5, 5.41) is 2.95. The largest absolute Gasteiger partial charge is 0.497 e. The van der Waals surface area contributed by atoms with Crippen LogP contribution in [0.15, 0.2) is 48.5 Å². The molecular weight excluding hydrogens is 334 g/mol. The third-order valence-electron chi connectivity index (χ3n) is 3.71. The van der Waals surface area contributed by atoms with Gasteiger partial charge in [-0.2, -0.15) is 0 Å². The minimum atomic E-state index is 0.0643. The number of ether oxygens (including phenoxy) is 2. The van der Waals surface area contributed by atoms with E-state index in [9.17, 15) is 4.79 Å². The molecule has 1 amide bonds. The summed E-state index contributed by atoms with van der Waals surface area (Å²) >= 11 is 1.58. The van der Waals surface area contributed by atoms with Gasteiger partial charge in [-0.1, -0.05) is 30.3 Å². The summed E-state index contributed by atoms with van der Waals surface area (Å²) < 4.78 is 10.8. The van der Waals surface area contributed by atoms with Gasteiger partial charge in [-0.15, -0.1) is 11.8 Å². The molecule has 25 heavy (non-hydrogen) atoms. The predicted molar refractivity (Wildman–Crippen MR) is 104 cm³/mol. The average Bonchev–Trinajstić information content (AvgIpc) is 2.63. The first-order valence-electron chi connectivity index (χ1n) is 8.35. The van der Waals surface area contributed by atoms with Gasteiger partial charge in [0.05, 0.1) is 19.5 Å². The summed E-state index contributed by atoms with van der Waals surface area (Å²) in [7, 11) is 1.65. The van der Waals surface area contributed by atoms with Gasteiger partial charge in [0.15, 0.2) is 0 Å². The number of hydrogen-bond acceptors (Lipinski definition) is 4. The number of benzene rings is 2. The van der Waals surface area contributed by atoms with E-state index in [1.54, 1.807) is 18.9 Å². The van der Waals surface area contributed by atoms with Gasteiger partial charge in [0.1, 0.15) is 11.5 Å². The number of carbonyl (C=O) groups excluding carboxylic acids is 1. The van der Waals surface area contributed by atoms with Crippen LogP contribution in [0.4, 0.5) is 0 Å². The van der Waals surface area contributed by atoms with E-state index in [0.29, 0.717) is 18.9 Å². The quantitative estimate of drug-likeness (QED) is 0.660. The Bertz CT molecular complexity index is 658.